The topological polar surface area (TPSA) is 41.6 Å². The van der Waals surface area contributed by atoms with Crippen LogP contribution in [-0.2, 0) is 9.53 Å². The average molecular weight is 240 g/mol. The Bertz CT molecular complexity index is 265. The lowest BCUT2D eigenvalue weighted by Crippen LogP contribution is -2.48. The number of carbonyl (C=O) groups is 1. The first-order valence-corrected chi connectivity index (χ1v) is 6.76. The zero-order valence-corrected chi connectivity index (χ0v) is 11.0. The summed E-state index contributed by atoms with van der Waals surface area (Å²) in [6, 6.07) is 0.390. The quantitative estimate of drug-likeness (QED) is 0.784. The lowest BCUT2D eigenvalue weighted by Gasteiger charge is -2.41. The van der Waals surface area contributed by atoms with Crippen molar-refractivity contribution in [2.24, 2.45) is 0 Å². The van der Waals surface area contributed by atoms with Gasteiger partial charge in [-0.15, -0.1) is 0 Å². The molecule has 1 atom stereocenters. The molecule has 0 bridgehead atoms. The van der Waals surface area contributed by atoms with E-state index >= 15 is 0 Å². The highest BCUT2D eigenvalue weighted by Crippen LogP contribution is 2.38. The van der Waals surface area contributed by atoms with Crippen LogP contribution in [-0.4, -0.2) is 49.2 Å². The van der Waals surface area contributed by atoms with Crippen molar-refractivity contribution in [1.29, 1.82) is 0 Å². The van der Waals surface area contributed by atoms with Crippen molar-refractivity contribution in [3.05, 3.63) is 0 Å². The van der Waals surface area contributed by atoms with Crippen LogP contribution in [0.4, 0.5) is 0 Å². The molecule has 2 rings (SSSR count). The van der Waals surface area contributed by atoms with E-state index in [1.165, 1.54) is 6.42 Å². The molecule has 2 aliphatic rings. The van der Waals surface area contributed by atoms with Crippen molar-refractivity contribution in [2.45, 2.75) is 50.7 Å². The molecular formula is C13H24N2O2. The number of nitrogens with zero attached hydrogens (tertiary/aromatic N) is 1. The molecule has 1 unspecified atom stereocenters. The third-order valence-corrected chi connectivity index (χ3v) is 4.31. The minimum Gasteiger partial charge on any atom is -0.378 e. The molecule has 0 aromatic carbocycles. The Morgan fingerprint density at radius 3 is 2.71 bits per heavy atom. The van der Waals surface area contributed by atoms with Gasteiger partial charge in [0.2, 0.25) is 5.91 Å². The van der Waals surface area contributed by atoms with Crippen LogP contribution in [0, 0.1) is 0 Å². The molecule has 1 heterocycles. The average Bonchev–Trinajstić information content (AvgIpc) is 2.78. The minimum absolute atomic E-state index is 0.142. The summed E-state index contributed by atoms with van der Waals surface area (Å²) in [4.78, 5) is 14.4. The lowest BCUT2D eigenvalue weighted by atomic mass is 9.77. The monoisotopic (exact) mass is 240 g/mol. The van der Waals surface area contributed by atoms with Gasteiger partial charge >= 0.3 is 0 Å². The third-order valence-electron chi connectivity index (χ3n) is 4.31. The fourth-order valence-corrected chi connectivity index (χ4v) is 2.94. The molecule has 17 heavy (non-hydrogen) atoms. The van der Waals surface area contributed by atoms with Gasteiger partial charge in [-0.05, 0) is 39.2 Å². The van der Waals surface area contributed by atoms with E-state index in [2.05, 4.69) is 12.2 Å². The van der Waals surface area contributed by atoms with Crippen molar-refractivity contribution < 1.29 is 9.53 Å². The smallest absolute Gasteiger partial charge is 0.225 e. The maximum absolute atomic E-state index is 12.3. The molecule has 98 valence electrons. The van der Waals surface area contributed by atoms with E-state index in [0.29, 0.717) is 12.5 Å². The molecule has 2 fully saturated rings. The number of ether oxygens (including phenoxy) is 1. The van der Waals surface area contributed by atoms with Crippen LogP contribution in [0.25, 0.3) is 0 Å². The molecular weight excluding hydrogens is 216 g/mol. The lowest BCUT2D eigenvalue weighted by molar-refractivity contribution is -0.145. The second-order valence-electron chi connectivity index (χ2n) is 5.24. The number of likely N-dealkylation sites (N-methyl/N-ethyl adjacent to an activating group) is 1. The van der Waals surface area contributed by atoms with Gasteiger partial charge in [0.05, 0.1) is 12.0 Å². The Morgan fingerprint density at radius 1 is 1.53 bits per heavy atom. The zero-order chi connectivity index (χ0) is 12.3. The van der Waals surface area contributed by atoms with Crippen LogP contribution in [0.15, 0.2) is 0 Å². The van der Waals surface area contributed by atoms with Crippen LogP contribution in [0.5, 0.6) is 0 Å². The maximum Gasteiger partial charge on any atom is 0.225 e. The molecule has 4 heteroatoms. The number of carbonyl (C=O) groups excluding carboxylic acids is 1. The number of hydrogen-bond donors (Lipinski definition) is 1. The van der Waals surface area contributed by atoms with Gasteiger partial charge in [0.1, 0.15) is 0 Å². The molecule has 1 saturated carbocycles. The molecule has 1 amide bonds. The van der Waals surface area contributed by atoms with Crippen molar-refractivity contribution in [3.8, 4) is 0 Å². The van der Waals surface area contributed by atoms with Crippen molar-refractivity contribution in [1.82, 2.24) is 10.2 Å². The number of nitrogens with one attached hydrogen (secondary N) is 1. The molecule has 1 N–H and O–H groups in total. The van der Waals surface area contributed by atoms with E-state index in [0.717, 1.165) is 38.9 Å². The standard InChI is InChI=1S/C13H24N2O2/c1-3-15(11-5-8-14-10-11)12(16)9-13(17-2)6-4-7-13/h11,14H,3-10H2,1-2H3. The fraction of sp³-hybridized carbons (Fsp3) is 0.923. The van der Waals surface area contributed by atoms with Crippen LogP contribution in [0.1, 0.15) is 39.0 Å². The molecule has 1 aliphatic carbocycles. The second kappa shape index (κ2) is 5.36. The van der Waals surface area contributed by atoms with Crippen LogP contribution >= 0.6 is 0 Å². The van der Waals surface area contributed by atoms with E-state index in [1.54, 1.807) is 7.11 Å². The van der Waals surface area contributed by atoms with E-state index < -0.39 is 0 Å². The number of amides is 1. The van der Waals surface area contributed by atoms with E-state index in [-0.39, 0.29) is 11.5 Å². The highest BCUT2D eigenvalue weighted by atomic mass is 16.5. The van der Waals surface area contributed by atoms with Gasteiger partial charge in [-0.25, -0.2) is 0 Å². The van der Waals surface area contributed by atoms with Gasteiger partial charge in [-0.2, -0.15) is 0 Å². The molecule has 0 aromatic rings. The molecule has 1 saturated heterocycles. The number of rotatable bonds is 5. The van der Waals surface area contributed by atoms with E-state index in [4.69, 9.17) is 4.74 Å². The van der Waals surface area contributed by atoms with Crippen molar-refractivity contribution in [3.63, 3.8) is 0 Å². The molecule has 4 nitrogen and oxygen atoms in total. The van der Waals surface area contributed by atoms with Gasteiger partial charge < -0.3 is 15.0 Å². The normalized spacial score (nSPS) is 26.6. The Kier molecular flexibility index (Phi) is 4.05. The fourth-order valence-electron chi connectivity index (χ4n) is 2.94. The first-order chi connectivity index (χ1) is 8.21. The molecule has 0 spiro atoms. The summed E-state index contributed by atoms with van der Waals surface area (Å²) >= 11 is 0. The zero-order valence-electron chi connectivity index (χ0n) is 11.0. The van der Waals surface area contributed by atoms with Gasteiger partial charge in [0.15, 0.2) is 0 Å². The highest BCUT2D eigenvalue weighted by molar-refractivity contribution is 5.78. The highest BCUT2D eigenvalue weighted by Gasteiger charge is 2.40. The Balaban J connectivity index is 1.92. The van der Waals surface area contributed by atoms with Gasteiger partial charge in [-0.3, -0.25) is 4.79 Å². The summed E-state index contributed by atoms with van der Waals surface area (Å²) in [6.07, 6.45) is 4.91. The Hall–Kier alpha value is -0.610. The summed E-state index contributed by atoms with van der Waals surface area (Å²) in [5.41, 5.74) is -0.142. The summed E-state index contributed by atoms with van der Waals surface area (Å²) in [5.74, 6) is 0.266. The second-order valence-corrected chi connectivity index (χ2v) is 5.24. The first-order valence-electron chi connectivity index (χ1n) is 6.76. The van der Waals surface area contributed by atoms with Crippen LogP contribution in [0.3, 0.4) is 0 Å². The summed E-state index contributed by atoms with van der Waals surface area (Å²) < 4.78 is 5.54. The van der Waals surface area contributed by atoms with Gasteiger partial charge in [0.25, 0.3) is 0 Å². The molecule has 1 aliphatic heterocycles. The Labute approximate surface area is 104 Å². The van der Waals surface area contributed by atoms with Crippen LogP contribution in [0.2, 0.25) is 0 Å². The number of hydrogen-bond acceptors (Lipinski definition) is 3. The van der Waals surface area contributed by atoms with Crippen LogP contribution < -0.4 is 5.32 Å². The van der Waals surface area contributed by atoms with Gasteiger partial charge in [-0.1, -0.05) is 0 Å². The predicted molar refractivity (Wildman–Crippen MR) is 66.9 cm³/mol. The van der Waals surface area contributed by atoms with E-state index in [9.17, 15) is 4.79 Å². The maximum atomic E-state index is 12.3. The largest absolute Gasteiger partial charge is 0.378 e. The predicted octanol–water partition coefficient (Wildman–Crippen LogP) is 1.16. The third kappa shape index (κ3) is 2.63. The van der Waals surface area contributed by atoms with E-state index in [1.807, 2.05) is 4.90 Å². The van der Waals surface area contributed by atoms with Crippen molar-refractivity contribution in [2.75, 3.05) is 26.7 Å². The first kappa shape index (κ1) is 12.8. The van der Waals surface area contributed by atoms with Crippen molar-refractivity contribution >= 4 is 5.91 Å². The minimum atomic E-state index is -0.142. The molecule has 0 radical (unpaired) electrons. The molecule has 0 aromatic heterocycles. The Morgan fingerprint density at radius 2 is 2.29 bits per heavy atom. The van der Waals surface area contributed by atoms with Gasteiger partial charge in [0, 0.05) is 26.2 Å². The summed E-state index contributed by atoms with van der Waals surface area (Å²) in [7, 11) is 1.74. The summed E-state index contributed by atoms with van der Waals surface area (Å²) in [6.45, 7) is 4.85. The number of methoxy groups -OCH3 is 1. The summed E-state index contributed by atoms with van der Waals surface area (Å²) in [5, 5.41) is 3.32. The SMILES string of the molecule is CCN(C(=O)CC1(OC)CCC1)C1CCNC1.